The first-order valence-corrected chi connectivity index (χ1v) is 9.56. The fourth-order valence-corrected chi connectivity index (χ4v) is 6.19. The summed E-state index contributed by atoms with van der Waals surface area (Å²) in [6.45, 7) is 2.62. The smallest absolute Gasteiger partial charge is 0.182 e. The van der Waals surface area contributed by atoms with Crippen LogP contribution in [-0.4, -0.2) is 33.9 Å². The molecule has 1 saturated carbocycles. The molecule has 0 heterocycles. The van der Waals surface area contributed by atoms with Gasteiger partial charge in [0.05, 0.1) is 16.8 Å². The molecule has 3 rings (SSSR count). The van der Waals surface area contributed by atoms with Gasteiger partial charge < -0.3 is 10.5 Å². The van der Waals surface area contributed by atoms with Crippen molar-refractivity contribution in [2.75, 3.05) is 20.3 Å². The second-order valence-corrected chi connectivity index (χ2v) is 8.61. The Balaban J connectivity index is 2.05. The van der Waals surface area contributed by atoms with Crippen molar-refractivity contribution in [2.24, 2.45) is 11.1 Å². The summed E-state index contributed by atoms with van der Waals surface area (Å²) in [5, 5.41) is -0.556. The summed E-state index contributed by atoms with van der Waals surface area (Å²) in [6, 6.07) is 16.6. The Bertz CT molecular complexity index is 802. The number of hydrogen-bond acceptors (Lipinski definition) is 4. The molecular weight excluding hydrogens is 322 g/mol. The number of methoxy groups -OCH3 is 1. The van der Waals surface area contributed by atoms with Crippen LogP contribution < -0.4 is 5.73 Å². The molecule has 2 aromatic carbocycles. The van der Waals surface area contributed by atoms with Gasteiger partial charge in [0.15, 0.2) is 9.84 Å². The molecule has 0 spiro atoms. The Kier molecular flexibility index (Phi) is 4.51. The van der Waals surface area contributed by atoms with Gasteiger partial charge >= 0.3 is 0 Å². The summed E-state index contributed by atoms with van der Waals surface area (Å²) in [5.74, 6) is -0.145. The fourth-order valence-electron chi connectivity index (χ4n) is 3.72. The average molecular weight is 345 g/mol. The Hall–Kier alpha value is -1.69. The zero-order chi connectivity index (χ0) is 17.4. The number of sulfone groups is 1. The van der Waals surface area contributed by atoms with Crippen molar-refractivity contribution in [3.63, 3.8) is 0 Å². The van der Waals surface area contributed by atoms with E-state index in [9.17, 15) is 8.42 Å². The van der Waals surface area contributed by atoms with Crippen LogP contribution in [0.2, 0.25) is 0 Å². The predicted molar refractivity (Wildman–Crippen MR) is 94.7 cm³/mol. The third-order valence-electron chi connectivity index (χ3n) is 5.02. The van der Waals surface area contributed by atoms with Gasteiger partial charge in [-0.3, -0.25) is 0 Å². The van der Waals surface area contributed by atoms with Gasteiger partial charge in [-0.1, -0.05) is 48.0 Å². The number of ether oxygens (including phenoxy) is 1. The maximum atomic E-state index is 13.2. The standard InChI is InChI=1S/C19H23NO3S/c1-14-8-10-15(11-9-14)17-18(19(17,12-20)13-23-2)24(21,22)16-6-4-3-5-7-16/h3-11,17-18H,12-13,20H2,1-2H3/t17-,18-,19-/m0/s1. The van der Waals surface area contributed by atoms with E-state index in [1.165, 1.54) is 0 Å². The van der Waals surface area contributed by atoms with E-state index in [2.05, 4.69) is 0 Å². The molecule has 0 bridgehead atoms. The molecule has 1 fully saturated rings. The van der Waals surface area contributed by atoms with Crippen molar-refractivity contribution in [1.29, 1.82) is 0 Å². The van der Waals surface area contributed by atoms with E-state index in [1.54, 1.807) is 31.4 Å². The number of nitrogens with two attached hydrogens (primary N) is 1. The monoisotopic (exact) mass is 345 g/mol. The summed E-state index contributed by atoms with van der Waals surface area (Å²) >= 11 is 0. The second kappa shape index (κ2) is 6.31. The Labute approximate surface area is 143 Å². The van der Waals surface area contributed by atoms with Gasteiger partial charge in [-0.05, 0) is 24.6 Å². The van der Waals surface area contributed by atoms with Crippen molar-refractivity contribution in [3.8, 4) is 0 Å². The maximum absolute atomic E-state index is 13.2. The molecule has 24 heavy (non-hydrogen) atoms. The van der Waals surface area contributed by atoms with Crippen LogP contribution in [0.3, 0.4) is 0 Å². The van der Waals surface area contributed by atoms with Crippen LogP contribution >= 0.6 is 0 Å². The van der Waals surface area contributed by atoms with Crippen molar-refractivity contribution >= 4 is 9.84 Å². The number of aryl methyl sites for hydroxylation is 1. The zero-order valence-electron chi connectivity index (χ0n) is 14.0. The summed E-state index contributed by atoms with van der Waals surface area (Å²) in [5.41, 5.74) is 7.61. The van der Waals surface area contributed by atoms with Gasteiger partial charge in [0.2, 0.25) is 0 Å². The summed E-state index contributed by atoms with van der Waals surface area (Å²) < 4.78 is 31.7. The lowest BCUT2D eigenvalue weighted by Crippen LogP contribution is -2.28. The highest BCUT2D eigenvalue weighted by molar-refractivity contribution is 7.92. The molecule has 0 amide bonds. The summed E-state index contributed by atoms with van der Waals surface area (Å²) in [6.07, 6.45) is 0. The molecule has 2 N–H and O–H groups in total. The third kappa shape index (κ3) is 2.66. The van der Waals surface area contributed by atoms with Crippen LogP contribution in [0.5, 0.6) is 0 Å². The van der Waals surface area contributed by atoms with Crippen LogP contribution in [0, 0.1) is 12.3 Å². The van der Waals surface area contributed by atoms with E-state index in [-0.39, 0.29) is 12.5 Å². The minimum Gasteiger partial charge on any atom is -0.384 e. The molecule has 4 nitrogen and oxygen atoms in total. The Morgan fingerprint density at radius 3 is 2.25 bits per heavy atom. The van der Waals surface area contributed by atoms with Crippen molar-refractivity contribution in [2.45, 2.75) is 23.0 Å². The zero-order valence-corrected chi connectivity index (χ0v) is 14.8. The molecular formula is C19H23NO3S. The van der Waals surface area contributed by atoms with Gasteiger partial charge in [-0.15, -0.1) is 0 Å². The van der Waals surface area contributed by atoms with Gasteiger partial charge in [0.25, 0.3) is 0 Å². The lowest BCUT2D eigenvalue weighted by Gasteiger charge is -2.15. The van der Waals surface area contributed by atoms with Crippen LogP contribution in [0.1, 0.15) is 17.0 Å². The maximum Gasteiger partial charge on any atom is 0.182 e. The van der Waals surface area contributed by atoms with Crippen LogP contribution in [0.4, 0.5) is 0 Å². The van der Waals surface area contributed by atoms with Gasteiger partial charge in [-0.25, -0.2) is 8.42 Å². The molecule has 128 valence electrons. The number of rotatable bonds is 6. The minimum absolute atomic E-state index is 0.145. The van der Waals surface area contributed by atoms with E-state index in [4.69, 9.17) is 10.5 Å². The quantitative estimate of drug-likeness (QED) is 0.873. The molecule has 1 aliphatic rings. The molecule has 0 saturated heterocycles. The van der Waals surface area contributed by atoms with Crippen LogP contribution in [-0.2, 0) is 14.6 Å². The molecule has 3 atom stereocenters. The summed E-state index contributed by atoms with van der Waals surface area (Å²) in [7, 11) is -1.88. The lowest BCUT2D eigenvalue weighted by atomic mass is 9.99. The van der Waals surface area contributed by atoms with Gasteiger partial charge in [0, 0.05) is 25.0 Å². The van der Waals surface area contributed by atoms with Crippen molar-refractivity contribution in [3.05, 3.63) is 65.7 Å². The second-order valence-electron chi connectivity index (χ2n) is 6.54. The molecule has 0 radical (unpaired) electrons. The molecule has 1 aliphatic carbocycles. The molecule has 0 aromatic heterocycles. The van der Waals surface area contributed by atoms with Gasteiger partial charge in [-0.2, -0.15) is 0 Å². The molecule has 2 aromatic rings. The third-order valence-corrected chi connectivity index (χ3v) is 7.35. The molecule has 5 heteroatoms. The van der Waals surface area contributed by atoms with E-state index in [1.807, 2.05) is 37.3 Å². The average Bonchev–Trinajstić information content (AvgIpc) is 3.26. The van der Waals surface area contributed by atoms with Crippen molar-refractivity contribution in [1.82, 2.24) is 0 Å². The first kappa shape index (κ1) is 17.1. The highest BCUT2D eigenvalue weighted by Crippen LogP contribution is 2.63. The largest absolute Gasteiger partial charge is 0.384 e. The van der Waals surface area contributed by atoms with Gasteiger partial charge in [0.1, 0.15) is 0 Å². The number of benzene rings is 2. The highest BCUT2D eigenvalue weighted by atomic mass is 32.2. The first-order valence-electron chi connectivity index (χ1n) is 8.02. The fraction of sp³-hybridized carbons (Fsp3) is 0.368. The van der Waals surface area contributed by atoms with E-state index >= 15 is 0 Å². The van der Waals surface area contributed by atoms with E-state index < -0.39 is 20.5 Å². The molecule has 0 aliphatic heterocycles. The van der Waals surface area contributed by atoms with E-state index in [0.717, 1.165) is 11.1 Å². The van der Waals surface area contributed by atoms with E-state index in [0.29, 0.717) is 11.5 Å². The predicted octanol–water partition coefficient (Wildman–Crippen LogP) is 2.53. The number of hydrogen-bond donors (Lipinski definition) is 1. The SMILES string of the molecule is COC[C@@]1(CN)[C@@H](c2ccc(C)cc2)[C@@H]1S(=O)(=O)c1ccccc1. The Morgan fingerprint density at radius 1 is 1.08 bits per heavy atom. The topological polar surface area (TPSA) is 69.4 Å². The minimum atomic E-state index is -3.48. The Morgan fingerprint density at radius 2 is 1.71 bits per heavy atom. The van der Waals surface area contributed by atoms with Crippen molar-refractivity contribution < 1.29 is 13.2 Å². The summed E-state index contributed by atoms with van der Waals surface area (Å²) in [4.78, 5) is 0.346. The first-order chi connectivity index (χ1) is 11.5. The lowest BCUT2D eigenvalue weighted by molar-refractivity contribution is 0.142. The normalized spacial score (nSPS) is 26.3. The molecule has 0 unspecified atom stereocenters. The van der Waals surface area contributed by atoms with Crippen LogP contribution in [0.15, 0.2) is 59.5 Å². The highest BCUT2D eigenvalue weighted by Gasteiger charge is 2.70. The van der Waals surface area contributed by atoms with Crippen LogP contribution in [0.25, 0.3) is 0 Å².